The van der Waals surface area contributed by atoms with Crippen LogP contribution in [0.3, 0.4) is 0 Å². The van der Waals surface area contributed by atoms with E-state index in [0.717, 1.165) is 23.6 Å². The molecular formula is C21H23N5O3. The van der Waals surface area contributed by atoms with Gasteiger partial charge in [0.05, 0.1) is 32.2 Å². The SMILES string of the molecule is COc1ccc(C2CC2COc2cc(NCc3ccccn3)c(=O)n(C)n2)nc1. The Labute approximate surface area is 168 Å². The molecule has 8 nitrogen and oxygen atoms in total. The molecule has 1 aliphatic carbocycles. The molecule has 0 aliphatic heterocycles. The highest BCUT2D eigenvalue weighted by atomic mass is 16.5. The number of nitrogens with one attached hydrogen (secondary N) is 1. The standard InChI is InChI=1S/C21H23N5O3/c1-26-21(27)19(23-11-15-5-3-4-8-22-15)10-20(25-26)29-13-14-9-17(14)18-7-6-16(28-2)12-24-18/h3-8,10,12,14,17,23H,9,11,13H2,1-2H3. The zero-order valence-corrected chi connectivity index (χ0v) is 16.4. The van der Waals surface area contributed by atoms with Crippen molar-refractivity contribution in [1.29, 1.82) is 0 Å². The Morgan fingerprint density at radius 3 is 2.86 bits per heavy atom. The molecule has 0 saturated heterocycles. The third-order valence-electron chi connectivity index (χ3n) is 4.97. The van der Waals surface area contributed by atoms with Gasteiger partial charge in [0.25, 0.3) is 5.56 Å². The molecule has 3 aromatic heterocycles. The molecule has 1 N–H and O–H groups in total. The van der Waals surface area contributed by atoms with Crippen LogP contribution in [0.15, 0.2) is 53.6 Å². The number of pyridine rings is 2. The van der Waals surface area contributed by atoms with Gasteiger partial charge in [0.15, 0.2) is 0 Å². The summed E-state index contributed by atoms with van der Waals surface area (Å²) in [5.41, 5.74) is 2.12. The molecule has 0 amide bonds. The number of hydrogen-bond acceptors (Lipinski definition) is 7. The first-order valence-corrected chi connectivity index (χ1v) is 9.49. The van der Waals surface area contributed by atoms with Crippen LogP contribution in [0.5, 0.6) is 11.6 Å². The molecule has 29 heavy (non-hydrogen) atoms. The maximum atomic E-state index is 12.3. The summed E-state index contributed by atoms with van der Waals surface area (Å²) in [6.45, 7) is 0.983. The van der Waals surface area contributed by atoms with Gasteiger partial charge in [-0.15, -0.1) is 5.10 Å². The molecule has 8 heteroatoms. The minimum atomic E-state index is -0.208. The highest BCUT2D eigenvalue weighted by molar-refractivity contribution is 5.43. The van der Waals surface area contributed by atoms with Crippen molar-refractivity contribution in [3.63, 3.8) is 0 Å². The fraction of sp³-hybridized carbons (Fsp3) is 0.333. The van der Waals surface area contributed by atoms with E-state index in [1.54, 1.807) is 32.6 Å². The van der Waals surface area contributed by atoms with E-state index in [9.17, 15) is 4.79 Å². The fourth-order valence-corrected chi connectivity index (χ4v) is 3.19. The van der Waals surface area contributed by atoms with E-state index >= 15 is 0 Å². The van der Waals surface area contributed by atoms with Crippen molar-refractivity contribution < 1.29 is 9.47 Å². The van der Waals surface area contributed by atoms with Crippen LogP contribution >= 0.6 is 0 Å². The summed E-state index contributed by atoms with van der Waals surface area (Å²) in [5.74, 6) is 1.95. The molecule has 0 radical (unpaired) electrons. The van der Waals surface area contributed by atoms with Gasteiger partial charge in [-0.1, -0.05) is 6.07 Å². The number of methoxy groups -OCH3 is 1. The van der Waals surface area contributed by atoms with Crippen molar-refractivity contribution in [2.24, 2.45) is 13.0 Å². The second-order valence-corrected chi connectivity index (χ2v) is 7.04. The Bertz CT molecular complexity index is 1020. The largest absolute Gasteiger partial charge is 0.495 e. The molecule has 0 aromatic carbocycles. The summed E-state index contributed by atoms with van der Waals surface area (Å²) in [7, 11) is 3.24. The molecule has 3 heterocycles. The van der Waals surface area contributed by atoms with Crippen LogP contribution in [-0.4, -0.2) is 33.5 Å². The monoisotopic (exact) mass is 393 g/mol. The first-order valence-electron chi connectivity index (χ1n) is 9.49. The summed E-state index contributed by atoms with van der Waals surface area (Å²) in [4.78, 5) is 21.0. The molecule has 0 spiro atoms. The van der Waals surface area contributed by atoms with Crippen LogP contribution in [0.1, 0.15) is 23.7 Å². The first kappa shape index (κ1) is 18.9. The predicted octanol–water partition coefficient (Wildman–Crippen LogP) is 2.37. The molecule has 4 rings (SSSR count). The molecule has 1 aliphatic rings. The maximum absolute atomic E-state index is 12.3. The zero-order valence-electron chi connectivity index (χ0n) is 16.4. The lowest BCUT2D eigenvalue weighted by Crippen LogP contribution is -2.24. The van der Waals surface area contributed by atoms with E-state index in [1.807, 2.05) is 30.3 Å². The number of hydrogen-bond donors (Lipinski definition) is 1. The number of ether oxygens (including phenoxy) is 2. The highest BCUT2D eigenvalue weighted by Crippen LogP contribution is 2.46. The lowest BCUT2D eigenvalue weighted by molar-refractivity contribution is 0.278. The van der Waals surface area contributed by atoms with Crippen LogP contribution in [-0.2, 0) is 13.6 Å². The molecule has 2 unspecified atom stereocenters. The molecule has 1 saturated carbocycles. The molecule has 150 valence electrons. The van der Waals surface area contributed by atoms with E-state index in [4.69, 9.17) is 9.47 Å². The normalized spacial score (nSPS) is 17.6. The average Bonchev–Trinajstić information content (AvgIpc) is 3.54. The average molecular weight is 393 g/mol. The molecule has 2 atom stereocenters. The lowest BCUT2D eigenvalue weighted by atomic mass is 10.2. The summed E-state index contributed by atoms with van der Waals surface area (Å²) in [6.07, 6.45) is 4.48. The van der Waals surface area contributed by atoms with E-state index in [-0.39, 0.29) is 5.56 Å². The Balaban J connectivity index is 1.36. The van der Waals surface area contributed by atoms with Crippen molar-refractivity contribution in [1.82, 2.24) is 19.7 Å². The minimum Gasteiger partial charge on any atom is -0.495 e. The van der Waals surface area contributed by atoms with E-state index in [0.29, 0.717) is 36.6 Å². The summed E-state index contributed by atoms with van der Waals surface area (Å²) >= 11 is 0. The van der Waals surface area contributed by atoms with Gasteiger partial charge in [-0.05, 0) is 30.7 Å². The van der Waals surface area contributed by atoms with Gasteiger partial charge >= 0.3 is 0 Å². The number of aromatic nitrogens is 4. The molecule has 0 bridgehead atoms. The molecule has 1 fully saturated rings. The van der Waals surface area contributed by atoms with Gasteiger partial charge in [0, 0.05) is 36.8 Å². The Kier molecular flexibility index (Phi) is 5.41. The fourth-order valence-electron chi connectivity index (χ4n) is 3.19. The third kappa shape index (κ3) is 4.53. The number of rotatable bonds is 8. The van der Waals surface area contributed by atoms with Crippen molar-refractivity contribution in [2.45, 2.75) is 18.9 Å². The highest BCUT2D eigenvalue weighted by Gasteiger charge is 2.40. The van der Waals surface area contributed by atoms with Gasteiger partial charge in [-0.25, -0.2) is 4.68 Å². The minimum absolute atomic E-state index is 0.208. The molecule has 3 aromatic rings. The van der Waals surface area contributed by atoms with Crippen LogP contribution in [0.2, 0.25) is 0 Å². The number of aryl methyl sites for hydroxylation is 1. The van der Waals surface area contributed by atoms with Crippen LogP contribution in [0.25, 0.3) is 0 Å². The van der Waals surface area contributed by atoms with E-state index in [2.05, 4.69) is 20.4 Å². The van der Waals surface area contributed by atoms with Crippen molar-refractivity contribution in [3.05, 3.63) is 70.5 Å². The maximum Gasteiger partial charge on any atom is 0.290 e. The van der Waals surface area contributed by atoms with Gasteiger partial charge in [0.1, 0.15) is 11.4 Å². The van der Waals surface area contributed by atoms with E-state index in [1.165, 1.54) is 4.68 Å². The van der Waals surface area contributed by atoms with Crippen LogP contribution in [0.4, 0.5) is 5.69 Å². The quantitative estimate of drug-likeness (QED) is 0.628. The van der Waals surface area contributed by atoms with Gasteiger partial charge in [0.2, 0.25) is 5.88 Å². The Morgan fingerprint density at radius 1 is 1.24 bits per heavy atom. The zero-order chi connectivity index (χ0) is 20.2. The first-order chi connectivity index (χ1) is 14.1. The van der Waals surface area contributed by atoms with Gasteiger partial charge in [-0.3, -0.25) is 14.8 Å². The number of nitrogens with zero attached hydrogens (tertiary/aromatic N) is 4. The van der Waals surface area contributed by atoms with E-state index < -0.39 is 0 Å². The van der Waals surface area contributed by atoms with Gasteiger partial charge in [-0.2, -0.15) is 0 Å². The topological polar surface area (TPSA) is 91.2 Å². The summed E-state index contributed by atoms with van der Waals surface area (Å²) < 4.78 is 12.3. The summed E-state index contributed by atoms with van der Waals surface area (Å²) in [5, 5.41) is 7.32. The third-order valence-corrected chi connectivity index (χ3v) is 4.97. The second-order valence-electron chi connectivity index (χ2n) is 7.04. The van der Waals surface area contributed by atoms with Crippen molar-refractivity contribution >= 4 is 5.69 Å². The summed E-state index contributed by atoms with van der Waals surface area (Å²) in [6, 6.07) is 11.2. The van der Waals surface area contributed by atoms with Crippen LogP contribution in [0, 0.1) is 5.92 Å². The van der Waals surface area contributed by atoms with Crippen LogP contribution < -0.4 is 20.3 Å². The Morgan fingerprint density at radius 2 is 2.14 bits per heavy atom. The Hall–Kier alpha value is -3.42. The molecular weight excluding hydrogens is 370 g/mol. The predicted molar refractivity (Wildman–Crippen MR) is 108 cm³/mol. The van der Waals surface area contributed by atoms with Crippen molar-refractivity contribution in [3.8, 4) is 11.6 Å². The lowest BCUT2D eigenvalue weighted by Gasteiger charge is -2.10. The second kappa shape index (κ2) is 8.30. The van der Waals surface area contributed by atoms with Crippen molar-refractivity contribution in [2.75, 3.05) is 19.0 Å². The van der Waals surface area contributed by atoms with Gasteiger partial charge < -0.3 is 14.8 Å². The number of anilines is 1. The smallest absolute Gasteiger partial charge is 0.290 e.